The van der Waals surface area contributed by atoms with E-state index in [1.54, 1.807) is 0 Å². The van der Waals surface area contributed by atoms with Gasteiger partial charge in [0.05, 0.1) is 0 Å². The molecule has 0 aliphatic heterocycles. The summed E-state index contributed by atoms with van der Waals surface area (Å²) in [5.41, 5.74) is 3.63. The van der Waals surface area contributed by atoms with Crippen molar-refractivity contribution in [2.45, 2.75) is 51.6 Å². The Morgan fingerprint density at radius 1 is 1.00 bits per heavy atom. The summed E-state index contributed by atoms with van der Waals surface area (Å²) in [6, 6.07) is 9.62. The van der Waals surface area contributed by atoms with Gasteiger partial charge in [-0.05, 0) is 57.2 Å². The molecule has 0 spiro atoms. The predicted octanol–water partition coefficient (Wildman–Crippen LogP) is 3.99. The van der Waals surface area contributed by atoms with Crippen LogP contribution >= 0.6 is 0 Å². The number of hydrogen-bond acceptors (Lipinski definition) is 5. The highest BCUT2D eigenvalue weighted by Crippen LogP contribution is 2.25. The van der Waals surface area contributed by atoms with E-state index in [1.165, 1.54) is 11.3 Å². The lowest BCUT2D eigenvalue weighted by molar-refractivity contribution is 0.427. The molecular formula is C20H29N5. The van der Waals surface area contributed by atoms with Crippen LogP contribution in [0, 0.1) is 13.8 Å². The lowest BCUT2D eigenvalue weighted by Gasteiger charge is -2.30. The van der Waals surface area contributed by atoms with Crippen molar-refractivity contribution in [2.75, 3.05) is 29.6 Å². The highest BCUT2D eigenvalue weighted by atomic mass is 15.2. The van der Waals surface area contributed by atoms with Crippen LogP contribution in [0.1, 0.15) is 36.8 Å². The molecule has 5 heteroatoms. The minimum Gasteiger partial charge on any atom is -0.382 e. The average Bonchev–Trinajstić information content (AvgIpc) is 2.58. The van der Waals surface area contributed by atoms with Crippen molar-refractivity contribution in [3.63, 3.8) is 0 Å². The Kier molecular flexibility index (Phi) is 5.41. The van der Waals surface area contributed by atoms with Gasteiger partial charge < -0.3 is 15.5 Å². The van der Waals surface area contributed by atoms with Gasteiger partial charge in [0.1, 0.15) is 5.82 Å². The molecule has 2 aromatic rings. The molecule has 1 saturated carbocycles. The molecule has 3 rings (SSSR count). The van der Waals surface area contributed by atoms with E-state index in [1.807, 2.05) is 32.1 Å². The molecule has 0 saturated heterocycles. The van der Waals surface area contributed by atoms with Gasteiger partial charge in [0.25, 0.3) is 0 Å². The highest BCUT2D eigenvalue weighted by Gasteiger charge is 2.22. The Morgan fingerprint density at radius 2 is 1.68 bits per heavy atom. The number of aryl methyl sites for hydroxylation is 2. The minimum absolute atomic E-state index is 0.452. The molecule has 1 aliphatic carbocycles. The Balaban J connectivity index is 1.53. The van der Waals surface area contributed by atoms with Gasteiger partial charge in [-0.3, -0.25) is 0 Å². The molecule has 1 fully saturated rings. The van der Waals surface area contributed by atoms with E-state index in [0.717, 1.165) is 43.0 Å². The second-order valence-electron chi connectivity index (χ2n) is 7.30. The standard InChI is InChI=1S/C20H29N5/c1-14-6-5-7-18(12-14)22-16-8-10-17(11-9-16)23-20-21-13-15(2)19(24-20)25(3)4/h5-7,12-13,16-17,22H,8-11H2,1-4H3,(H,21,23,24). The van der Waals surface area contributed by atoms with Crippen LogP contribution in [-0.4, -0.2) is 36.1 Å². The molecule has 25 heavy (non-hydrogen) atoms. The third-order valence-corrected chi connectivity index (χ3v) is 4.82. The SMILES string of the molecule is Cc1cccc(NC2CCC(Nc3ncc(C)c(N(C)C)n3)CC2)c1. The van der Waals surface area contributed by atoms with Crippen molar-refractivity contribution in [1.82, 2.24) is 9.97 Å². The molecule has 134 valence electrons. The summed E-state index contributed by atoms with van der Waals surface area (Å²) in [5, 5.41) is 7.19. The minimum atomic E-state index is 0.452. The maximum absolute atomic E-state index is 4.65. The van der Waals surface area contributed by atoms with Crippen molar-refractivity contribution in [3.8, 4) is 0 Å². The fourth-order valence-corrected chi connectivity index (χ4v) is 3.49. The van der Waals surface area contributed by atoms with E-state index >= 15 is 0 Å². The number of nitrogens with one attached hydrogen (secondary N) is 2. The normalized spacial score (nSPS) is 20.2. The summed E-state index contributed by atoms with van der Waals surface area (Å²) < 4.78 is 0. The van der Waals surface area contributed by atoms with Gasteiger partial charge in [0.15, 0.2) is 0 Å². The average molecular weight is 339 g/mol. The molecule has 1 aromatic heterocycles. The molecule has 0 radical (unpaired) electrons. The lowest BCUT2D eigenvalue weighted by atomic mass is 9.91. The number of hydrogen-bond donors (Lipinski definition) is 2. The first-order chi connectivity index (χ1) is 12.0. The summed E-state index contributed by atoms with van der Waals surface area (Å²) in [4.78, 5) is 11.1. The van der Waals surface area contributed by atoms with E-state index in [-0.39, 0.29) is 0 Å². The smallest absolute Gasteiger partial charge is 0.224 e. The van der Waals surface area contributed by atoms with E-state index in [9.17, 15) is 0 Å². The van der Waals surface area contributed by atoms with Crippen molar-refractivity contribution in [2.24, 2.45) is 0 Å². The maximum atomic E-state index is 4.65. The summed E-state index contributed by atoms with van der Waals surface area (Å²) >= 11 is 0. The number of benzene rings is 1. The second kappa shape index (κ2) is 7.72. The maximum Gasteiger partial charge on any atom is 0.224 e. The van der Waals surface area contributed by atoms with E-state index < -0.39 is 0 Å². The molecule has 1 aromatic carbocycles. The van der Waals surface area contributed by atoms with Gasteiger partial charge in [-0.2, -0.15) is 4.98 Å². The molecule has 5 nitrogen and oxygen atoms in total. The summed E-state index contributed by atoms with van der Waals surface area (Å²) in [6.45, 7) is 4.18. The van der Waals surface area contributed by atoms with Crippen molar-refractivity contribution < 1.29 is 0 Å². The van der Waals surface area contributed by atoms with Gasteiger partial charge in [0.2, 0.25) is 5.95 Å². The van der Waals surface area contributed by atoms with Gasteiger partial charge in [-0.15, -0.1) is 0 Å². The largest absolute Gasteiger partial charge is 0.382 e. The van der Waals surface area contributed by atoms with Crippen LogP contribution in [0.25, 0.3) is 0 Å². The van der Waals surface area contributed by atoms with E-state index in [0.29, 0.717) is 12.1 Å². The van der Waals surface area contributed by atoms with Gasteiger partial charge >= 0.3 is 0 Å². The quantitative estimate of drug-likeness (QED) is 0.862. The fourth-order valence-electron chi connectivity index (χ4n) is 3.49. The van der Waals surface area contributed by atoms with Crippen LogP contribution in [-0.2, 0) is 0 Å². The summed E-state index contributed by atoms with van der Waals surface area (Å²) in [5.74, 6) is 1.72. The molecule has 1 heterocycles. The molecule has 1 aliphatic rings. The summed E-state index contributed by atoms with van der Waals surface area (Å²) in [7, 11) is 4.03. The van der Waals surface area contributed by atoms with E-state index in [4.69, 9.17) is 0 Å². The number of nitrogens with zero attached hydrogens (tertiary/aromatic N) is 3. The Morgan fingerprint density at radius 3 is 2.32 bits per heavy atom. The van der Waals surface area contributed by atoms with Gasteiger partial charge in [-0.25, -0.2) is 4.98 Å². The zero-order chi connectivity index (χ0) is 17.8. The molecule has 0 amide bonds. The zero-order valence-corrected chi connectivity index (χ0v) is 15.7. The molecule has 0 unspecified atom stereocenters. The second-order valence-corrected chi connectivity index (χ2v) is 7.30. The van der Waals surface area contributed by atoms with Crippen molar-refractivity contribution >= 4 is 17.5 Å². The molecular weight excluding hydrogens is 310 g/mol. The van der Waals surface area contributed by atoms with Crippen molar-refractivity contribution in [1.29, 1.82) is 0 Å². The zero-order valence-electron chi connectivity index (χ0n) is 15.7. The first-order valence-electron chi connectivity index (χ1n) is 9.12. The van der Waals surface area contributed by atoms with Crippen LogP contribution in [0.4, 0.5) is 17.5 Å². The molecule has 0 atom stereocenters. The topological polar surface area (TPSA) is 53.1 Å². The lowest BCUT2D eigenvalue weighted by Crippen LogP contribution is -2.33. The Hall–Kier alpha value is -2.30. The van der Waals surface area contributed by atoms with Gasteiger partial charge in [-0.1, -0.05) is 12.1 Å². The Labute approximate surface area is 150 Å². The van der Waals surface area contributed by atoms with E-state index in [2.05, 4.69) is 51.8 Å². The van der Waals surface area contributed by atoms with Crippen LogP contribution in [0.3, 0.4) is 0 Å². The predicted molar refractivity (Wildman–Crippen MR) is 106 cm³/mol. The number of rotatable bonds is 5. The highest BCUT2D eigenvalue weighted by molar-refractivity contribution is 5.48. The third kappa shape index (κ3) is 4.62. The van der Waals surface area contributed by atoms with Crippen LogP contribution in [0.2, 0.25) is 0 Å². The Bertz CT molecular complexity index is 705. The number of aromatic nitrogens is 2. The van der Waals surface area contributed by atoms with Crippen molar-refractivity contribution in [3.05, 3.63) is 41.6 Å². The molecule has 0 bridgehead atoms. The first-order valence-corrected chi connectivity index (χ1v) is 9.12. The fraction of sp³-hybridized carbons (Fsp3) is 0.500. The summed E-state index contributed by atoms with van der Waals surface area (Å²) in [6.07, 6.45) is 6.50. The van der Waals surface area contributed by atoms with Crippen LogP contribution < -0.4 is 15.5 Å². The monoisotopic (exact) mass is 339 g/mol. The van der Waals surface area contributed by atoms with Gasteiger partial charge in [0, 0.05) is 43.6 Å². The molecule has 2 N–H and O–H groups in total. The third-order valence-electron chi connectivity index (χ3n) is 4.82. The number of anilines is 3. The van der Waals surface area contributed by atoms with Crippen LogP contribution in [0.15, 0.2) is 30.5 Å². The van der Waals surface area contributed by atoms with Crippen LogP contribution in [0.5, 0.6) is 0 Å². The first kappa shape index (κ1) is 17.5.